The number of fused-ring (bicyclic) bond motifs is 1. The van der Waals surface area contributed by atoms with Gasteiger partial charge >= 0.3 is 0 Å². The van der Waals surface area contributed by atoms with Crippen molar-refractivity contribution in [3.05, 3.63) is 89.0 Å². The van der Waals surface area contributed by atoms with Gasteiger partial charge in [-0.2, -0.15) is 10.2 Å². The smallest absolute Gasteiger partial charge is 0.258 e. The van der Waals surface area contributed by atoms with Crippen molar-refractivity contribution in [2.75, 3.05) is 7.05 Å². The van der Waals surface area contributed by atoms with Gasteiger partial charge in [-0.25, -0.2) is 0 Å². The highest BCUT2D eigenvalue weighted by molar-refractivity contribution is 5.66. The van der Waals surface area contributed by atoms with E-state index in [9.17, 15) is 5.26 Å². The Bertz CT molecular complexity index is 1350. The van der Waals surface area contributed by atoms with E-state index in [1.54, 1.807) is 12.1 Å². The quantitative estimate of drug-likeness (QED) is 0.327. The minimum absolute atomic E-state index is 0. The van der Waals surface area contributed by atoms with Crippen molar-refractivity contribution in [2.24, 2.45) is 0 Å². The Morgan fingerprint density at radius 3 is 2.56 bits per heavy atom. The molecule has 1 heterocycles. The third kappa shape index (κ3) is 5.81. The van der Waals surface area contributed by atoms with Crippen LogP contribution in [0, 0.1) is 11.3 Å². The number of rotatable bonds is 6. The molecule has 36 heavy (non-hydrogen) atoms. The molecule has 1 N–H and O–H groups in total. The fourth-order valence-corrected chi connectivity index (χ4v) is 4.29. The standard InChI is InChI=1S/C21H19N3O2.C9H13N.H2/c1-13(2)25-19-10-9-15(11-16(19)12-22)21-23-20(24-26-21)18-8-4-6-14-5-3-7-17(14)18;1-8(10-2)9-6-4-3-5-7-9;/h4,6,8-11,13H,3,5,7H2,1-2H3;3-8,10H,1-2H3;1H/t;8-;/m.1./s1. The molecule has 3 aromatic carbocycles. The lowest BCUT2D eigenvalue weighted by Crippen LogP contribution is -2.11. The highest BCUT2D eigenvalue weighted by atomic mass is 16.5. The molecule has 6 heteroatoms. The van der Waals surface area contributed by atoms with Gasteiger partial charge in [0.25, 0.3) is 5.89 Å². The van der Waals surface area contributed by atoms with Gasteiger partial charge in [-0.15, -0.1) is 0 Å². The maximum absolute atomic E-state index is 9.40. The van der Waals surface area contributed by atoms with Crippen LogP contribution in [-0.4, -0.2) is 23.3 Å². The van der Waals surface area contributed by atoms with Gasteiger partial charge in [-0.3, -0.25) is 0 Å². The summed E-state index contributed by atoms with van der Waals surface area (Å²) in [6, 6.07) is 24.6. The number of aryl methyl sites for hydroxylation is 1. The molecule has 0 radical (unpaired) electrons. The van der Waals surface area contributed by atoms with Gasteiger partial charge in [0.15, 0.2) is 0 Å². The number of ether oxygens (including phenoxy) is 1. The Kier molecular flexibility index (Phi) is 8.14. The summed E-state index contributed by atoms with van der Waals surface area (Å²) in [5.41, 5.74) is 6.23. The summed E-state index contributed by atoms with van der Waals surface area (Å²) in [4.78, 5) is 4.57. The normalized spacial score (nSPS) is 12.9. The summed E-state index contributed by atoms with van der Waals surface area (Å²) in [6.07, 6.45) is 3.33. The van der Waals surface area contributed by atoms with E-state index in [-0.39, 0.29) is 7.53 Å². The van der Waals surface area contributed by atoms with Crippen LogP contribution in [0.1, 0.15) is 56.9 Å². The van der Waals surface area contributed by atoms with Gasteiger partial charge in [0, 0.05) is 18.6 Å². The Hall–Kier alpha value is -3.95. The second-order valence-electron chi connectivity index (χ2n) is 9.13. The maximum atomic E-state index is 9.40. The van der Waals surface area contributed by atoms with Crippen molar-refractivity contribution in [1.82, 2.24) is 15.5 Å². The molecule has 0 aliphatic heterocycles. The zero-order valence-electron chi connectivity index (χ0n) is 21.3. The van der Waals surface area contributed by atoms with Crippen LogP contribution in [0.25, 0.3) is 22.8 Å². The second kappa shape index (κ2) is 11.7. The molecule has 1 aliphatic carbocycles. The number of nitrogens with zero attached hydrogens (tertiary/aromatic N) is 3. The van der Waals surface area contributed by atoms with Crippen molar-refractivity contribution >= 4 is 0 Å². The monoisotopic (exact) mass is 482 g/mol. The molecule has 0 amide bonds. The van der Waals surface area contributed by atoms with E-state index in [2.05, 4.69) is 58.8 Å². The molecule has 1 aromatic heterocycles. The van der Waals surface area contributed by atoms with Gasteiger partial charge < -0.3 is 14.6 Å². The summed E-state index contributed by atoms with van der Waals surface area (Å²) in [5, 5.41) is 16.7. The molecule has 6 nitrogen and oxygen atoms in total. The van der Waals surface area contributed by atoms with E-state index < -0.39 is 0 Å². The number of hydrogen-bond donors (Lipinski definition) is 1. The minimum atomic E-state index is 0. The Morgan fingerprint density at radius 2 is 1.83 bits per heavy atom. The Balaban J connectivity index is 0.000000293. The minimum Gasteiger partial charge on any atom is -0.490 e. The van der Waals surface area contributed by atoms with Crippen LogP contribution in [-0.2, 0) is 12.8 Å². The molecule has 0 spiro atoms. The number of hydrogen-bond acceptors (Lipinski definition) is 6. The molecule has 0 bridgehead atoms. The molecule has 0 fully saturated rings. The maximum Gasteiger partial charge on any atom is 0.258 e. The van der Waals surface area contributed by atoms with Crippen LogP contribution >= 0.6 is 0 Å². The zero-order chi connectivity index (χ0) is 25.5. The van der Waals surface area contributed by atoms with Crippen molar-refractivity contribution in [2.45, 2.75) is 52.2 Å². The van der Waals surface area contributed by atoms with Crippen molar-refractivity contribution in [1.29, 1.82) is 5.26 Å². The van der Waals surface area contributed by atoms with Crippen molar-refractivity contribution in [3.63, 3.8) is 0 Å². The highest BCUT2D eigenvalue weighted by Gasteiger charge is 2.20. The number of nitrogens with one attached hydrogen (secondary N) is 1. The topological polar surface area (TPSA) is 84.0 Å². The average Bonchev–Trinajstić information content (AvgIpc) is 3.59. The molecule has 5 rings (SSSR count). The Labute approximate surface area is 214 Å². The first-order valence-corrected chi connectivity index (χ1v) is 12.4. The first-order valence-electron chi connectivity index (χ1n) is 12.4. The Morgan fingerprint density at radius 1 is 1.03 bits per heavy atom. The highest BCUT2D eigenvalue weighted by Crippen LogP contribution is 2.33. The fraction of sp³-hybridized carbons (Fsp3) is 0.300. The summed E-state index contributed by atoms with van der Waals surface area (Å²) in [5.74, 6) is 1.56. The number of nitriles is 1. The predicted molar refractivity (Wildman–Crippen MR) is 144 cm³/mol. The number of aromatic nitrogens is 2. The summed E-state index contributed by atoms with van der Waals surface area (Å²) >= 11 is 0. The van der Waals surface area contributed by atoms with Crippen LogP contribution in [0.2, 0.25) is 0 Å². The predicted octanol–water partition coefficient (Wildman–Crippen LogP) is 6.76. The molecule has 1 aliphatic rings. The van der Waals surface area contributed by atoms with Crippen LogP contribution in [0.3, 0.4) is 0 Å². The lowest BCUT2D eigenvalue weighted by atomic mass is 10.0. The molecular formula is C30H34N4O2. The van der Waals surface area contributed by atoms with Crippen LogP contribution in [0.4, 0.5) is 0 Å². The van der Waals surface area contributed by atoms with Crippen molar-refractivity contribution in [3.8, 4) is 34.7 Å². The van der Waals surface area contributed by atoms with Gasteiger partial charge in [-0.05, 0) is 82.0 Å². The summed E-state index contributed by atoms with van der Waals surface area (Å²) in [6.45, 7) is 6.00. The van der Waals surface area contributed by atoms with E-state index in [0.717, 1.165) is 18.4 Å². The fourth-order valence-electron chi connectivity index (χ4n) is 4.29. The van der Waals surface area contributed by atoms with E-state index in [4.69, 9.17) is 9.26 Å². The second-order valence-corrected chi connectivity index (χ2v) is 9.13. The largest absolute Gasteiger partial charge is 0.490 e. The molecule has 0 saturated heterocycles. The van der Waals surface area contributed by atoms with E-state index in [0.29, 0.717) is 34.6 Å². The average molecular weight is 483 g/mol. The number of benzene rings is 3. The summed E-state index contributed by atoms with van der Waals surface area (Å²) < 4.78 is 11.1. The van der Waals surface area contributed by atoms with Gasteiger partial charge in [-0.1, -0.05) is 53.7 Å². The van der Waals surface area contributed by atoms with E-state index >= 15 is 0 Å². The third-order valence-corrected chi connectivity index (χ3v) is 6.26. The van der Waals surface area contributed by atoms with Crippen LogP contribution in [0.15, 0.2) is 71.3 Å². The SMILES string of the molecule is CC(C)Oc1ccc(-c2nc(-c3cccc4c3CCC4)no2)cc1C#N.CN[C@H](C)c1ccccc1.[HH]. The van der Waals surface area contributed by atoms with E-state index in [1.165, 1.54) is 23.1 Å². The lowest BCUT2D eigenvalue weighted by Gasteiger charge is -2.11. The summed E-state index contributed by atoms with van der Waals surface area (Å²) in [7, 11) is 1.97. The lowest BCUT2D eigenvalue weighted by molar-refractivity contribution is 0.241. The van der Waals surface area contributed by atoms with Gasteiger partial charge in [0.1, 0.15) is 11.8 Å². The molecular weight excluding hydrogens is 448 g/mol. The van der Waals surface area contributed by atoms with E-state index in [1.807, 2.05) is 45.2 Å². The van der Waals surface area contributed by atoms with Crippen molar-refractivity contribution < 1.29 is 10.7 Å². The first-order chi connectivity index (χ1) is 17.5. The first kappa shape index (κ1) is 25.2. The van der Waals surface area contributed by atoms with Gasteiger partial charge in [0.05, 0.1) is 11.7 Å². The molecule has 0 unspecified atom stereocenters. The van der Waals surface area contributed by atoms with Crippen LogP contribution in [0.5, 0.6) is 5.75 Å². The molecule has 4 aromatic rings. The van der Waals surface area contributed by atoms with Crippen LogP contribution < -0.4 is 10.1 Å². The molecule has 186 valence electrons. The zero-order valence-corrected chi connectivity index (χ0v) is 21.3. The third-order valence-electron chi connectivity index (χ3n) is 6.26. The van der Waals surface area contributed by atoms with Gasteiger partial charge in [0.2, 0.25) is 5.82 Å². The molecule has 1 atom stereocenters. The molecule has 0 saturated carbocycles.